The fourth-order valence-corrected chi connectivity index (χ4v) is 2.75. The molecule has 1 aromatic carbocycles. The Balaban J connectivity index is 1.61. The quantitative estimate of drug-likeness (QED) is 0.779. The van der Waals surface area contributed by atoms with Crippen molar-refractivity contribution in [2.24, 2.45) is 0 Å². The molecule has 0 bridgehead atoms. The van der Waals surface area contributed by atoms with E-state index >= 15 is 0 Å². The van der Waals surface area contributed by atoms with E-state index in [-0.39, 0.29) is 12.5 Å². The van der Waals surface area contributed by atoms with E-state index in [0.717, 1.165) is 18.7 Å². The highest BCUT2D eigenvalue weighted by Crippen LogP contribution is 2.14. The minimum absolute atomic E-state index is 0.0152. The Morgan fingerprint density at radius 2 is 1.89 bits per heavy atom. The Morgan fingerprint density at radius 3 is 2.59 bits per heavy atom. The first-order valence-corrected chi connectivity index (χ1v) is 9.17. The number of anilines is 2. The second-order valence-electron chi connectivity index (χ2n) is 6.61. The first kappa shape index (κ1) is 19.0. The predicted molar refractivity (Wildman–Crippen MR) is 104 cm³/mol. The van der Waals surface area contributed by atoms with Crippen molar-refractivity contribution in [2.75, 3.05) is 50.2 Å². The van der Waals surface area contributed by atoms with E-state index in [1.165, 1.54) is 0 Å². The Morgan fingerprint density at radius 1 is 1.15 bits per heavy atom. The number of carbonyl (C=O) groups excluding carboxylic acids is 1. The first-order valence-electron chi connectivity index (χ1n) is 9.17. The number of hydrogen-bond donors (Lipinski definition) is 1. The molecule has 0 aliphatic carbocycles. The maximum absolute atomic E-state index is 12.2. The number of benzene rings is 1. The lowest BCUT2D eigenvalue weighted by molar-refractivity contribution is -0.121. The van der Waals surface area contributed by atoms with Gasteiger partial charge >= 0.3 is 0 Å². The summed E-state index contributed by atoms with van der Waals surface area (Å²) >= 11 is 0. The largest absolute Gasteiger partial charge is 0.378 e. The normalized spacial score (nSPS) is 14.1. The van der Waals surface area contributed by atoms with Crippen LogP contribution in [0.15, 0.2) is 30.3 Å². The van der Waals surface area contributed by atoms with E-state index < -0.39 is 0 Å². The van der Waals surface area contributed by atoms with Crippen molar-refractivity contribution >= 4 is 17.8 Å². The summed E-state index contributed by atoms with van der Waals surface area (Å²) < 4.78 is 5.39. The standard InChI is InChI=1S/C19H26N6O2/c1-24(2)18-21-16(22-19(23-18)25-10-12-27-13-11-25)14-20-17(26)9-8-15-6-4-3-5-7-15/h3-7H,8-14H2,1-2H3,(H,20,26). The number of ether oxygens (including phenoxy) is 1. The van der Waals surface area contributed by atoms with Gasteiger partial charge in [-0.15, -0.1) is 0 Å². The summed E-state index contributed by atoms with van der Waals surface area (Å²) in [5, 5.41) is 2.91. The maximum Gasteiger partial charge on any atom is 0.230 e. The zero-order valence-electron chi connectivity index (χ0n) is 15.9. The van der Waals surface area contributed by atoms with Gasteiger partial charge in [-0.3, -0.25) is 4.79 Å². The van der Waals surface area contributed by atoms with Crippen molar-refractivity contribution in [3.63, 3.8) is 0 Å². The number of hydrogen-bond acceptors (Lipinski definition) is 7. The summed E-state index contributed by atoms with van der Waals surface area (Å²) in [5.41, 5.74) is 1.15. The Bertz CT molecular complexity index is 747. The average Bonchev–Trinajstić information content (AvgIpc) is 2.72. The van der Waals surface area contributed by atoms with Crippen molar-refractivity contribution in [3.05, 3.63) is 41.7 Å². The molecule has 0 radical (unpaired) electrons. The molecule has 0 saturated carbocycles. The Labute approximate surface area is 159 Å². The van der Waals surface area contributed by atoms with Crippen LogP contribution in [-0.4, -0.2) is 61.3 Å². The minimum Gasteiger partial charge on any atom is -0.378 e. The van der Waals surface area contributed by atoms with Crippen LogP contribution in [0.1, 0.15) is 17.8 Å². The molecule has 1 aliphatic rings. The van der Waals surface area contributed by atoms with Crippen molar-refractivity contribution in [1.29, 1.82) is 0 Å². The van der Waals surface area contributed by atoms with Crippen LogP contribution in [0.25, 0.3) is 0 Å². The number of morpholine rings is 1. The third-order valence-corrected chi connectivity index (χ3v) is 4.28. The fourth-order valence-electron chi connectivity index (χ4n) is 2.75. The number of aromatic nitrogens is 3. The van der Waals surface area contributed by atoms with Gasteiger partial charge in [-0.25, -0.2) is 0 Å². The first-order chi connectivity index (χ1) is 13.1. The van der Waals surface area contributed by atoms with Crippen molar-refractivity contribution in [3.8, 4) is 0 Å². The summed E-state index contributed by atoms with van der Waals surface area (Å²) in [7, 11) is 3.78. The minimum atomic E-state index is -0.0152. The number of aryl methyl sites for hydroxylation is 1. The molecule has 3 rings (SSSR count). The van der Waals surface area contributed by atoms with E-state index in [0.29, 0.717) is 43.8 Å². The lowest BCUT2D eigenvalue weighted by atomic mass is 10.1. The van der Waals surface area contributed by atoms with Crippen LogP contribution in [0.3, 0.4) is 0 Å². The molecule has 0 atom stereocenters. The van der Waals surface area contributed by atoms with Gasteiger partial charge in [0.15, 0.2) is 5.82 Å². The van der Waals surface area contributed by atoms with Crippen LogP contribution < -0.4 is 15.1 Å². The molecule has 1 aromatic heterocycles. The zero-order chi connectivity index (χ0) is 19.1. The number of amides is 1. The van der Waals surface area contributed by atoms with Gasteiger partial charge < -0.3 is 19.9 Å². The van der Waals surface area contributed by atoms with Crippen LogP contribution in [0.4, 0.5) is 11.9 Å². The molecular formula is C19H26N6O2. The van der Waals surface area contributed by atoms with Gasteiger partial charge in [-0.05, 0) is 12.0 Å². The van der Waals surface area contributed by atoms with Gasteiger partial charge in [0.25, 0.3) is 0 Å². The van der Waals surface area contributed by atoms with E-state index in [4.69, 9.17) is 4.74 Å². The predicted octanol–water partition coefficient (Wildman–Crippen LogP) is 1.02. The molecule has 1 aliphatic heterocycles. The van der Waals surface area contributed by atoms with Crippen LogP contribution in [-0.2, 0) is 22.5 Å². The molecule has 1 saturated heterocycles. The van der Waals surface area contributed by atoms with Crippen LogP contribution >= 0.6 is 0 Å². The second-order valence-corrected chi connectivity index (χ2v) is 6.61. The lowest BCUT2D eigenvalue weighted by Gasteiger charge is -2.27. The van der Waals surface area contributed by atoms with Crippen LogP contribution in [0.5, 0.6) is 0 Å². The lowest BCUT2D eigenvalue weighted by Crippen LogP contribution is -2.38. The molecule has 0 spiro atoms. The van der Waals surface area contributed by atoms with E-state index in [1.54, 1.807) is 0 Å². The molecule has 2 aromatic rings. The number of nitrogens with zero attached hydrogens (tertiary/aromatic N) is 5. The van der Waals surface area contributed by atoms with Gasteiger partial charge in [0.2, 0.25) is 17.8 Å². The fraction of sp³-hybridized carbons (Fsp3) is 0.474. The summed E-state index contributed by atoms with van der Waals surface area (Å²) in [5.74, 6) is 1.76. The van der Waals surface area contributed by atoms with E-state index in [9.17, 15) is 4.79 Å². The van der Waals surface area contributed by atoms with Gasteiger partial charge in [0.1, 0.15) is 0 Å². The van der Waals surface area contributed by atoms with Crippen LogP contribution in [0, 0.1) is 0 Å². The highest BCUT2D eigenvalue weighted by Gasteiger charge is 2.17. The average molecular weight is 370 g/mol. The summed E-state index contributed by atoms with van der Waals surface area (Å²) in [6, 6.07) is 9.98. The Kier molecular flexibility index (Phi) is 6.54. The smallest absolute Gasteiger partial charge is 0.230 e. The molecule has 1 fully saturated rings. The van der Waals surface area contributed by atoms with Gasteiger partial charge in [-0.1, -0.05) is 30.3 Å². The monoisotopic (exact) mass is 370 g/mol. The SMILES string of the molecule is CN(C)c1nc(CNC(=O)CCc2ccccc2)nc(N2CCOCC2)n1. The number of nitrogens with one attached hydrogen (secondary N) is 1. The van der Waals surface area contributed by atoms with Crippen molar-refractivity contribution in [2.45, 2.75) is 19.4 Å². The maximum atomic E-state index is 12.2. The Hall–Kier alpha value is -2.74. The molecule has 8 nitrogen and oxygen atoms in total. The molecule has 8 heteroatoms. The molecule has 2 heterocycles. The van der Waals surface area contributed by atoms with Gasteiger partial charge in [-0.2, -0.15) is 15.0 Å². The summed E-state index contributed by atoms with van der Waals surface area (Å²) in [6.07, 6.45) is 1.15. The molecule has 27 heavy (non-hydrogen) atoms. The van der Waals surface area contributed by atoms with E-state index in [2.05, 4.69) is 25.2 Å². The topological polar surface area (TPSA) is 83.5 Å². The summed E-state index contributed by atoms with van der Waals surface area (Å²) in [4.78, 5) is 29.6. The van der Waals surface area contributed by atoms with Crippen LogP contribution in [0.2, 0.25) is 0 Å². The third kappa shape index (κ3) is 5.62. The van der Waals surface area contributed by atoms with E-state index in [1.807, 2.05) is 49.3 Å². The molecule has 1 amide bonds. The summed E-state index contributed by atoms with van der Waals surface area (Å²) in [6.45, 7) is 3.11. The highest BCUT2D eigenvalue weighted by molar-refractivity contribution is 5.76. The van der Waals surface area contributed by atoms with Gasteiger partial charge in [0, 0.05) is 33.6 Å². The number of carbonyl (C=O) groups is 1. The second kappa shape index (κ2) is 9.27. The molecule has 1 N–H and O–H groups in total. The molecule has 144 valence electrons. The third-order valence-electron chi connectivity index (χ3n) is 4.28. The van der Waals surface area contributed by atoms with Gasteiger partial charge in [0.05, 0.1) is 19.8 Å². The van der Waals surface area contributed by atoms with Crippen molar-refractivity contribution < 1.29 is 9.53 Å². The highest BCUT2D eigenvalue weighted by atomic mass is 16.5. The molecular weight excluding hydrogens is 344 g/mol. The zero-order valence-corrected chi connectivity index (χ0v) is 15.9. The molecule has 0 unspecified atom stereocenters. The van der Waals surface area contributed by atoms with Crippen molar-refractivity contribution in [1.82, 2.24) is 20.3 Å². The number of rotatable bonds is 7.